The van der Waals surface area contributed by atoms with Crippen LogP contribution in [0.3, 0.4) is 0 Å². The molecule has 2 fully saturated rings. The van der Waals surface area contributed by atoms with Crippen LogP contribution in [0.25, 0.3) is 0 Å². The van der Waals surface area contributed by atoms with E-state index >= 15 is 0 Å². The van der Waals surface area contributed by atoms with Crippen LogP contribution in [0, 0.1) is 5.41 Å². The second-order valence-corrected chi connectivity index (χ2v) is 5.99. The summed E-state index contributed by atoms with van der Waals surface area (Å²) in [5.41, 5.74) is 0.0651. The third-order valence-corrected chi connectivity index (χ3v) is 4.43. The molecule has 1 atom stereocenters. The van der Waals surface area contributed by atoms with Gasteiger partial charge in [-0.2, -0.15) is 0 Å². The number of rotatable bonds is 7. The van der Waals surface area contributed by atoms with E-state index in [0.717, 1.165) is 45.3 Å². The molecule has 0 saturated carbocycles. The van der Waals surface area contributed by atoms with Gasteiger partial charge in [0.2, 0.25) is 5.91 Å². The molecule has 114 valence electrons. The summed E-state index contributed by atoms with van der Waals surface area (Å²) in [5.74, 6) is -0.132. The van der Waals surface area contributed by atoms with Crippen molar-refractivity contribution in [3.8, 4) is 0 Å². The molecule has 6 nitrogen and oxygen atoms in total. The van der Waals surface area contributed by atoms with Gasteiger partial charge in [-0.3, -0.25) is 9.69 Å². The molecule has 0 radical (unpaired) electrons. The van der Waals surface area contributed by atoms with Crippen LogP contribution in [0.4, 0.5) is 4.79 Å². The largest absolute Gasteiger partial charge is 0.396 e. The number of aliphatic hydroxyl groups excluding tert-OH is 1. The number of carbonyl (C=O) groups excluding carboxylic acids is 2. The normalized spacial score (nSPS) is 27.4. The molecule has 20 heavy (non-hydrogen) atoms. The number of hydrogen-bond donors (Lipinski definition) is 2. The molecular weight excluding hydrogens is 258 g/mol. The van der Waals surface area contributed by atoms with Crippen LogP contribution < -0.4 is 5.32 Å². The third kappa shape index (κ3) is 3.30. The first-order valence-corrected chi connectivity index (χ1v) is 7.52. The summed E-state index contributed by atoms with van der Waals surface area (Å²) in [6.07, 6.45) is 4.00. The van der Waals surface area contributed by atoms with Crippen molar-refractivity contribution >= 4 is 11.9 Å². The lowest BCUT2D eigenvalue weighted by atomic mass is 9.83. The first-order valence-electron chi connectivity index (χ1n) is 7.52. The van der Waals surface area contributed by atoms with E-state index < -0.39 is 0 Å². The highest BCUT2D eigenvalue weighted by Crippen LogP contribution is 2.34. The van der Waals surface area contributed by atoms with E-state index in [9.17, 15) is 14.7 Å². The summed E-state index contributed by atoms with van der Waals surface area (Å²) in [5, 5.41) is 12.1. The minimum absolute atomic E-state index is 0.0651. The highest BCUT2D eigenvalue weighted by molar-refractivity contribution is 6.01. The smallest absolute Gasteiger partial charge is 0.324 e. The van der Waals surface area contributed by atoms with Crippen molar-refractivity contribution < 1.29 is 14.7 Å². The summed E-state index contributed by atoms with van der Waals surface area (Å²) in [6.45, 7) is 5.83. The molecule has 0 aromatic heterocycles. The van der Waals surface area contributed by atoms with Crippen molar-refractivity contribution in [1.82, 2.24) is 15.1 Å². The van der Waals surface area contributed by atoms with Crippen molar-refractivity contribution in [2.24, 2.45) is 5.41 Å². The van der Waals surface area contributed by atoms with E-state index in [1.165, 1.54) is 4.90 Å². The zero-order valence-electron chi connectivity index (χ0n) is 12.2. The van der Waals surface area contributed by atoms with Gasteiger partial charge in [0.15, 0.2) is 0 Å². The molecule has 0 bridgehead atoms. The van der Waals surface area contributed by atoms with Gasteiger partial charge in [-0.25, -0.2) is 4.79 Å². The lowest BCUT2D eigenvalue weighted by molar-refractivity contribution is -0.125. The van der Waals surface area contributed by atoms with Crippen LogP contribution in [-0.2, 0) is 4.79 Å². The summed E-state index contributed by atoms with van der Waals surface area (Å²) < 4.78 is 0. The molecule has 0 aliphatic carbocycles. The van der Waals surface area contributed by atoms with Gasteiger partial charge in [0.05, 0.1) is 6.54 Å². The van der Waals surface area contributed by atoms with E-state index in [2.05, 4.69) is 17.1 Å². The SMILES string of the molecule is CCCC1(CO)CCN(CCCN2C(=O)CNC2=O)C1. The molecule has 0 aromatic rings. The predicted octanol–water partition coefficient (Wildman–Crippen LogP) is 0.413. The van der Waals surface area contributed by atoms with Crippen LogP contribution >= 0.6 is 0 Å². The Labute approximate surface area is 120 Å². The maximum atomic E-state index is 11.4. The molecular formula is C14H25N3O3. The number of urea groups is 1. The fraction of sp³-hybridized carbons (Fsp3) is 0.857. The predicted molar refractivity (Wildman–Crippen MR) is 75.2 cm³/mol. The Bertz CT molecular complexity index is 359. The summed E-state index contributed by atoms with van der Waals surface area (Å²) >= 11 is 0. The van der Waals surface area contributed by atoms with Crippen LogP contribution in [0.5, 0.6) is 0 Å². The lowest BCUT2D eigenvalue weighted by Crippen LogP contribution is -2.35. The number of aliphatic hydroxyl groups is 1. The van der Waals surface area contributed by atoms with Gasteiger partial charge in [0, 0.05) is 25.1 Å². The average molecular weight is 283 g/mol. The molecule has 0 spiro atoms. The average Bonchev–Trinajstić information content (AvgIpc) is 2.98. The van der Waals surface area contributed by atoms with Crippen LogP contribution in [-0.4, -0.2) is 66.2 Å². The third-order valence-electron chi connectivity index (χ3n) is 4.43. The number of hydrogen-bond acceptors (Lipinski definition) is 4. The Morgan fingerprint density at radius 3 is 2.75 bits per heavy atom. The van der Waals surface area contributed by atoms with Crippen LogP contribution in [0.2, 0.25) is 0 Å². The Hall–Kier alpha value is -1.14. The Balaban J connectivity index is 1.73. The van der Waals surface area contributed by atoms with Crippen LogP contribution in [0.1, 0.15) is 32.6 Å². The molecule has 2 N–H and O–H groups in total. The Morgan fingerprint density at radius 1 is 1.35 bits per heavy atom. The zero-order valence-corrected chi connectivity index (χ0v) is 12.2. The zero-order chi connectivity index (χ0) is 14.6. The van der Waals surface area contributed by atoms with Gasteiger partial charge in [0.1, 0.15) is 0 Å². The number of likely N-dealkylation sites (tertiary alicyclic amines) is 1. The molecule has 0 aromatic carbocycles. The minimum Gasteiger partial charge on any atom is -0.396 e. The van der Waals surface area contributed by atoms with E-state index in [-0.39, 0.29) is 30.5 Å². The number of imide groups is 1. The second kappa shape index (κ2) is 6.54. The maximum Gasteiger partial charge on any atom is 0.324 e. The molecule has 3 amide bonds. The van der Waals surface area contributed by atoms with Gasteiger partial charge in [-0.1, -0.05) is 13.3 Å². The van der Waals surface area contributed by atoms with E-state index in [0.29, 0.717) is 6.54 Å². The minimum atomic E-state index is -0.271. The number of nitrogens with one attached hydrogen (secondary N) is 1. The van der Waals surface area contributed by atoms with Crippen molar-refractivity contribution in [3.63, 3.8) is 0 Å². The summed E-state index contributed by atoms with van der Waals surface area (Å²) in [6, 6.07) is -0.271. The first kappa shape index (κ1) is 15.3. The molecule has 1 unspecified atom stereocenters. The molecule has 6 heteroatoms. The van der Waals surface area contributed by atoms with Gasteiger partial charge in [-0.05, 0) is 32.4 Å². The molecule has 2 heterocycles. The molecule has 2 rings (SSSR count). The molecule has 2 saturated heterocycles. The quantitative estimate of drug-likeness (QED) is 0.664. The van der Waals surface area contributed by atoms with Crippen LogP contribution in [0.15, 0.2) is 0 Å². The highest BCUT2D eigenvalue weighted by Gasteiger charge is 2.36. The molecule has 2 aliphatic heterocycles. The second-order valence-electron chi connectivity index (χ2n) is 5.99. The van der Waals surface area contributed by atoms with Gasteiger partial charge < -0.3 is 15.3 Å². The standard InChI is InChI=1S/C14H25N3O3/c1-2-4-14(11-18)5-8-16(10-14)6-3-7-17-12(19)9-15-13(17)20/h18H,2-11H2,1H3,(H,15,20). The van der Waals surface area contributed by atoms with E-state index in [4.69, 9.17) is 0 Å². The highest BCUT2D eigenvalue weighted by atomic mass is 16.3. The van der Waals surface area contributed by atoms with Crippen molar-refractivity contribution in [2.75, 3.05) is 39.3 Å². The van der Waals surface area contributed by atoms with Gasteiger partial charge in [0.25, 0.3) is 0 Å². The van der Waals surface area contributed by atoms with Gasteiger partial charge in [-0.15, -0.1) is 0 Å². The van der Waals surface area contributed by atoms with Crippen molar-refractivity contribution in [1.29, 1.82) is 0 Å². The maximum absolute atomic E-state index is 11.4. The molecule has 2 aliphatic rings. The van der Waals surface area contributed by atoms with Gasteiger partial charge >= 0.3 is 6.03 Å². The monoisotopic (exact) mass is 283 g/mol. The van der Waals surface area contributed by atoms with E-state index in [1.54, 1.807) is 0 Å². The van der Waals surface area contributed by atoms with Crippen molar-refractivity contribution in [2.45, 2.75) is 32.6 Å². The summed E-state index contributed by atoms with van der Waals surface area (Å²) in [4.78, 5) is 26.5. The van der Waals surface area contributed by atoms with Crippen molar-refractivity contribution in [3.05, 3.63) is 0 Å². The van der Waals surface area contributed by atoms with E-state index in [1.807, 2.05) is 0 Å². The first-order chi connectivity index (χ1) is 9.60. The topological polar surface area (TPSA) is 72.9 Å². The number of nitrogens with zero attached hydrogens (tertiary/aromatic N) is 2. The fourth-order valence-corrected chi connectivity index (χ4v) is 3.30. The number of carbonyl (C=O) groups is 2. The summed E-state index contributed by atoms with van der Waals surface area (Å²) in [7, 11) is 0. The Morgan fingerprint density at radius 2 is 2.15 bits per heavy atom. The number of amides is 3. The lowest BCUT2D eigenvalue weighted by Gasteiger charge is -2.27. The Kier molecular flexibility index (Phi) is 4.99. The fourth-order valence-electron chi connectivity index (χ4n) is 3.30.